The van der Waals surface area contributed by atoms with Crippen molar-refractivity contribution in [3.8, 4) is 34.2 Å². The molecule has 1 aliphatic heterocycles. The van der Waals surface area contributed by atoms with Crippen molar-refractivity contribution in [2.75, 3.05) is 13.1 Å². The van der Waals surface area contributed by atoms with Gasteiger partial charge in [-0.25, -0.2) is 19.6 Å². The lowest BCUT2D eigenvalue weighted by Crippen LogP contribution is -2.36. The summed E-state index contributed by atoms with van der Waals surface area (Å²) in [5.41, 5.74) is 6.56. The van der Waals surface area contributed by atoms with Crippen LogP contribution in [0.15, 0.2) is 96.1 Å². The van der Waals surface area contributed by atoms with E-state index in [4.69, 9.17) is 14.9 Å². The molecule has 11 nitrogen and oxygen atoms in total. The van der Waals surface area contributed by atoms with Crippen LogP contribution >= 0.6 is 0 Å². The SMILES string of the molecule is O=C(O)C(F)(F)F.O=c1[nH]c2ccccc2n1C1CCN(Cc2ccc(-c3nc(-c4ncc[nH]4)nnc3-c3ccccc3)cc2)CC1. The van der Waals surface area contributed by atoms with Crippen molar-refractivity contribution in [3.05, 3.63) is 107 Å². The van der Waals surface area contributed by atoms with E-state index in [0.717, 1.165) is 66.0 Å². The van der Waals surface area contributed by atoms with Gasteiger partial charge in [-0.2, -0.15) is 13.2 Å². The Bertz CT molecular complexity index is 2020. The third-order valence-corrected chi connectivity index (χ3v) is 7.87. The van der Waals surface area contributed by atoms with Crippen LogP contribution in [0.5, 0.6) is 0 Å². The summed E-state index contributed by atoms with van der Waals surface area (Å²) in [6.45, 7) is 2.75. The van der Waals surface area contributed by atoms with Gasteiger partial charge in [0.1, 0.15) is 11.4 Å². The molecule has 0 unspecified atom stereocenters. The van der Waals surface area contributed by atoms with Crippen LogP contribution < -0.4 is 5.69 Å². The topological polar surface area (TPSA) is 146 Å². The van der Waals surface area contributed by atoms with E-state index < -0.39 is 12.1 Å². The fourth-order valence-corrected chi connectivity index (χ4v) is 5.60. The minimum atomic E-state index is -5.08. The van der Waals surface area contributed by atoms with E-state index >= 15 is 0 Å². The number of para-hydroxylation sites is 2. The number of carbonyl (C=O) groups is 1. The second kappa shape index (κ2) is 13.4. The number of hydrogen-bond donors (Lipinski definition) is 3. The molecule has 4 heterocycles. The molecule has 0 aliphatic carbocycles. The highest BCUT2D eigenvalue weighted by Gasteiger charge is 2.38. The lowest BCUT2D eigenvalue weighted by molar-refractivity contribution is -0.192. The van der Waals surface area contributed by atoms with Crippen LogP contribution in [0, 0.1) is 0 Å². The van der Waals surface area contributed by atoms with Crippen molar-refractivity contribution in [1.82, 2.24) is 39.6 Å². The van der Waals surface area contributed by atoms with Gasteiger partial charge >= 0.3 is 17.8 Å². The van der Waals surface area contributed by atoms with Crippen LogP contribution in [-0.4, -0.2) is 69.9 Å². The Morgan fingerprint density at radius 2 is 1.55 bits per heavy atom. The molecule has 0 amide bonds. The average molecular weight is 643 g/mol. The number of fused-ring (bicyclic) bond motifs is 1. The smallest absolute Gasteiger partial charge is 0.475 e. The van der Waals surface area contributed by atoms with Gasteiger partial charge in [0.25, 0.3) is 0 Å². The number of rotatable bonds is 6. The van der Waals surface area contributed by atoms with Crippen molar-refractivity contribution in [2.24, 2.45) is 0 Å². The van der Waals surface area contributed by atoms with Gasteiger partial charge in [0.15, 0.2) is 5.82 Å². The van der Waals surface area contributed by atoms with Crippen LogP contribution in [0.3, 0.4) is 0 Å². The Hall–Kier alpha value is -5.63. The first-order chi connectivity index (χ1) is 22.7. The van der Waals surface area contributed by atoms with E-state index in [9.17, 15) is 18.0 Å². The molecule has 0 atom stereocenters. The quantitative estimate of drug-likeness (QED) is 0.210. The van der Waals surface area contributed by atoms with E-state index in [1.807, 2.05) is 59.2 Å². The van der Waals surface area contributed by atoms with Crippen LogP contribution in [0.25, 0.3) is 45.2 Å². The summed E-state index contributed by atoms with van der Waals surface area (Å²) in [5.74, 6) is -1.71. The Morgan fingerprint density at radius 3 is 2.21 bits per heavy atom. The number of nitrogens with one attached hydrogen (secondary N) is 2. The number of nitrogens with zero attached hydrogens (tertiary/aromatic N) is 6. The average Bonchev–Trinajstić information content (AvgIpc) is 3.74. The minimum Gasteiger partial charge on any atom is -0.475 e. The molecule has 14 heteroatoms. The maximum absolute atomic E-state index is 12.6. The van der Waals surface area contributed by atoms with E-state index in [2.05, 4.69) is 54.3 Å². The molecule has 3 N–H and O–H groups in total. The highest BCUT2D eigenvalue weighted by atomic mass is 19.4. The molecular weight excluding hydrogens is 613 g/mol. The highest BCUT2D eigenvalue weighted by Crippen LogP contribution is 2.31. The number of likely N-dealkylation sites (tertiary alicyclic amines) is 1. The largest absolute Gasteiger partial charge is 0.490 e. The molecule has 0 saturated carbocycles. The fourth-order valence-electron chi connectivity index (χ4n) is 5.60. The number of aromatic nitrogens is 7. The first kappa shape index (κ1) is 31.4. The molecule has 3 aromatic heterocycles. The zero-order valence-electron chi connectivity index (χ0n) is 24.9. The zero-order valence-corrected chi connectivity index (χ0v) is 24.9. The van der Waals surface area contributed by atoms with Crippen molar-refractivity contribution in [2.45, 2.75) is 31.6 Å². The summed E-state index contributed by atoms with van der Waals surface area (Å²) in [5, 5.41) is 16.0. The number of hydrogen-bond acceptors (Lipinski definition) is 7. The number of piperidine rings is 1. The normalized spacial score (nSPS) is 14.1. The summed E-state index contributed by atoms with van der Waals surface area (Å²) >= 11 is 0. The maximum Gasteiger partial charge on any atom is 0.490 e. The van der Waals surface area contributed by atoms with Gasteiger partial charge in [0.05, 0.1) is 11.0 Å². The summed E-state index contributed by atoms with van der Waals surface area (Å²) in [7, 11) is 0. The maximum atomic E-state index is 12.6. The molecule has 7 rings (SSSR count). The van der Waals surface area contributed by atoms with Gasteiger partial charge in [0.2, 0.25) is 5.82 Å². The summed E-state index contributed by atoms with van der Waals surface area (Å²) in [6, 6.07) is 26.7. The van der Waals surface area contributed by atoms with Gasteiger partial charge in [0, 0.05) is 49.2 Å². The molecule has 1 aliphatic rings. The molecule has 0 radical (unpaired) electrons. The van der Waals surface area contributed by atoms with Crippen LogP contribution in [0.1, 0.15) is 24.4 Å². The molecule has 0 spiro atoms. The molecule has 1 saturated heterocycles. The third-order valence-electron chi connectivity index (χ3n) is 7.87. The number of alkyl halides is 3. The van der Waals surface area contributed by atoms with E-state index in [1.165, 1.54) is 5.56 Å². The van der Waals surface area contributed by atoms with Crippen molar-refractivity contribution in [1.29, 1.82) is 0 Å². The first-order valence-corrected chi connectivity index (χ1v) is 14.8. The standard InChI is InChI=1S/C31H28N8O.C2HF3O2/c40-31-34-25-8-4-5-9-26(25)39(31)24-14-18-38(19-15-24)20-21-10-12-23(13-11-21)27-28(22-6-2-1-3-7-22)36-37-30(35-27)29-32-16-17-33-29;3-2(4,5)1(6)7/h1-13,16-17,24H,14-15,18-20H2,(H,32,33)(H,34,40);(H,6,7). The van der Waals surface area contributed by atoms with Gasteiger partial charge in [-0.15, -0.1) is 10.2 Å². The first-order valence-electron chi connectivity index (χ1n) is 14.8. The van der Waals surface area contributed by atoms with Crippen LogP contribution in [-0.2, 0) is 11.3 Å². The summed E-state index contributed by atoms with van der Waals surface area (Å²) in [4.78, 5) is 39.2. The fraction of sp³-hybridized carbons (Fsp3) is 0.212. The van der Waals surface area contributed by atoms with E-state index in [0.29, 0.717) is 11.6 Å². The number of imidazole rings is 2. The van der Waals surface area contributed by atoms with Crippen LogP contribution in [0.2, 0.25) is 0 Å². The van der Waals surface area contributed by atoms with Crippen LogP contribution in [0.4, 0.5) is 13.2 Å². The highest BCUT2D eigenvalue weighted by molar-refractivity contribution is 5.78. The predicted molar refractivity (Wildman–Crippen MR) is 168 cm³/mol. The summed E-state index contributed by atoms with van der Waals surface area (Å²) < 4.78 is 33.7. The summed E-state index contributed by atoms with van der Waals surface area (Å²) in [6.07, 6.45) is 0.241. The Morgan fingerprint density at radius 1 is 0.894 bits per heavy atom. The van der Waals surface area contributed by atoms with Gasteiger partial charge in [-0.1, -0.05) is 66.7 Å². The molecule has 47 heavy (non-hydrogen) atoms. The van der Waals surface area contributed by atoms with Crippen molar-refractivity contribution in [3.63, 3.8) is 0 Å². The number of carboxylic acids is 1. The second-order valence-electron chi connectivity index (χ2n) is 11.0. The molecule has 1 fully saturated rings. The minimum absolute atomic E-state index is 0.0143. The molecule has 0 bridgehead atoms. The van der Waals surface area contributed by atoms with Gasteiger partial charge in [-0.05, 0) is 30.5 Å². The number of carboxylic acid groups (broad SMARTS) is 1. The lowest BCUT2D eigenvalue weighted by Gasteiger charge is -2.32. The number of H-pyrrole nitrogens is 2. The third kappa shape index (κ3) is 7.12. The zero-order chi connectivity index (χ0) is 33.0. The molecular formula is C33H29F3N8O3. The number of aromatic amines is 2. The van der Waals surface area contributed by atoms with Gasteiger partial charge < -0.3 is 15.1 Å². The molecule has 6 aromatic rings. The van der Waals surface area contributed by atoms with Crippen molar-refractivity contribution < 1.29 is 23.1 Å². The second-order valence-corrected chi connectivity index (χ2v) is 11.0. The Labute approximate surface area is 265 Å². The molecule has 3 aromatic carbocycles. The van der Waals surface area contributed by atoms with Crippen molar-refractivity contribution >= 4 is 17.0 Å². The number of aliphatic carboxylic acids is 1. The predicted octanol–water partition coefficient (Wildman–Crippen LogP) is 5.71. The Kier molecular flexibility index (Phi) is 8.93. The lowest BCUT2D eigenvalue weighted by atomic mass is 10.0. The van der Waals surface area contributed by atoms with E-state index in [1.54, 1.807) is 12.4 Å². The van der Waals surface area contributed by atoms with Gasteiger partial charge in [-0.3, -0.25) is 9.47 Å². The number of benzene rings is 3. The molecule has 240 valence electrons. The van der Waals surface area contributed by atoms with E-state index in [-0.39, 0.29) is 11.7 Å². The Balaban J connectivity index is 0.000000499. The number of halogens is 3. The monoisotopic (exact) mass is 642 g/mol.